The molecule has 2 aliphatic heterocycles. The Balaban J connectivity index is 2.40. The number of hydrogen-bond acceptors (Lipinski definition) is 3. The minimum Gasteiger partial charge on any atom is -0.384 e. The Morgan fingerprint density at radius 3 is 2.83 bits per heavy atom. The summed E-state index contributed by atoms with van der Waals surface area (Å²) >= 11 is 0. The van der Waals surface area contributed by atoms with Gasteiger partial charge in [0.2, 0.25) is 0 Å². The molecule has 0 spiro atoms. The Labute approximate surface area is 69.2 Å². The number of aliphatic imine (C=N–C) groups is 2. The van der Waals surface area contributed by atoms with E-state index < -0.39 is 0 Å². The Bertz CT molecular complexity index is 349. The molecule has 2 rings (SSSR count). The number of amides is 1. The van der Waals surface area contributed by atoms with Crippen LogP contribution in [0.5, 0.6) is 0 Å². The first-order valence-electron chi connectivity index (χ1n) is 3.59. The van der Waals surface area contributed by atoms with E-state index in [1.165, 1.54) is 6.08 Å². The molecule has 12 heavy (non-hydrogen) atoms. The van der Waals surface area contributed by atoms with E-state index in [9.17, 15) is 4.79 Å². The molecule has 0 aromatic rings. The highest BCUT2D eigenvalue weighted by Gasteiger charge is 2.18. The number of carbonyl (C=O) groups is 1. The lowest BCUT2D eigenvalue weighted by atomic mass is 10.0. The molecule has 0 radical (unpaired) electrons. The van der Waals surface area contributed by atoms with E-state index in [-0.39, 0.29) is 11.8 Å². The summed E-state index contributed by atoms with van der Waals surface area (Å²) in [6.45, 7) is 0. The first kappa shape index (κ1) is 6.97. The quantitative estimate of drug-likeness (QED) is 0.544. The van der Waals surface area contributed by atoms with Gasteiger partial charge in [-0.05, 0) is 6.08 Å². The van der Waals surface area contributed by atoms with E-state index in [2.05, 4.69) is 9.98 Å². The summed E-state index contributed by atoms with van der Waals surface area (Å²) in [6.07, 6.45) is 6.78. The molecule has 1 unspecified atom stereocenters. The van der Waals surface area contributed by atoms with Gasteiger partial charge in [-0.25, -0.2) is 4.99 Å². The summed E-state index contributed by atoms with van der Waals surface area (Å²) in [4.78, 5) is 18.5. The zero-order valence-corrected chi connectivity index (χ0v) is 6.27. The first-order valence-corrected chi connectivity index (χ1v) is 3.59. The molecule has 1 amide bonds. The monoisotopic (exact) mass is 161 g/mol. The van der Waals surface area contributed by atoms with Crippen LogP contribution in [0.3, 0.4) is 0 Å². The van der Waals surface area contributed by atoms with Gasteiger partial charge in [0.05, 0.1) is 5.92 Å². The van der Waals surface area contributed by atoms with Crippen LogP contribution in [0.2, 0.25) is 0 Å². The highest BCUT2D eigenvalue weighted by atomic mass is 16.1. The van der Waals surface area contributed by atoms with Gasteiger partial charge in [-0.2, -0.15) is 4.99 Å². The van der Waals surface area contributed by atoms with Gasteiger partial charge in [0, 0.05) is 6.08 Å². The summed E-state index contributed by atoms with van der Waals surface area (Å²) in [5.41, 5.74) is 5.43. The molecule has 0 fully saturated rings. The van der Waals surface area contributed by atoms with Crippen molar-refractivity contribution in [1.82, 2.24) is 0 Å². The molecule has 0 aromatic carbocycles. The predicted molar refractivity (Wildman–Crippen MR) is 45.8 cm³/mol. The second-order valence-electron chi connectivity index (χ2n) is 2.59. The fourth-order valence-corrected chi connectivity index (χ4v) is 1.12. The molecule has 2 N–H and O–H groups in total. The van der Waals surface area contributed by atoms with Crippen LogP contribution in [0.25, 0.3) is 0 Å². The second-order valence-corrected chi connectivity index (χ2v) is 2.59. The Kier molecular flexibility index (Phi) is 1.40. The summed E-state index contributed by atoms with van der Waals surface area (Å²) in [5.74, 6) is 0.638. The van der Waals surface area contributed by atoms with Gasteiger partial charge >= 0.3 is 0 Å². The van der Waals surface area contributed by atoms with Crippen LogP contribution >= 0.6 is 0 Å². The molecule has 60 valence electrons. The van der Waals surface area contributed by atoms with Gasteiger partial charge in [-0.3, -0.25) is 4.79 Å². The number of fused-ring (bicyclic) bond motifs is 1. The van der Waals surface area contributed by atoms with Crippen molar-refractivity contribution in [1.29, 1.82) is 0 Å². The largest absolute Gasteiger partial charge is 0.384 e. The molecule has 2 aliphatic rings. The predicted octanol–water partition coefficient (Wildman–Crippen LogP) is 0.0245. The Morgan fingerprint density at radius 2 is 2.00 bits per heavy atom. The third-order valence-corrected chi connectivity index (χ3v) is 1.69. The number of amidine groups is 2. The van der Waals surface area contributed by atoms with Crippen molar-refractivity contribution in [2.24, 2.45) is 21.6 Å². The topological polar surface area (TPSA) is 67.8 Å². The molecule has 4 heteroatoms. The fraction of sp³-hybridized carbons (Fsp3) is 0.125. The standard InChI is InChI=1S/C8H7N3O/c9-6-3-1-5-2-4-7(12)11-8(5)10-6/h1-5H,(H2,9,10,11,12). The number of carbonyl (C=O) groups excluding carboxylic acids is 1. The molecule has 4 nitrogen and oxygen atoms in total. The zero-order chi connectivity index (χ0) is 8.55. The average molecular weight is 161 g/mol. The van der Waals surface area contributed by atoms with Crippen LogP contribution in [0.15, 0.2) is 34.3 Å². The van der Waals surface area contributed by atoms with Crippen LogP contribution in [-0.2, 0) is 4.79 Å². The van der Waals surface area contributed by atoms with Gasteiger partial charge in [0.25, 0.3) is 5.91 Å². The first-order chi connectivity index (χ1) is 5.75. The molecular weight excluding hydrogens is 154 g/mol. The Morgan fingerprint density at radius 1 is 1.25 bits per heavy atom. The summed E-state index contributed by atoms with van der Waals surface area (Å²) in [6, 6.07) is 0. The second kappa shape index (κ2) is 2.41. The lowest BCUT2D eigenvalue weighted by Gasteiger charge is -2.14. The van der Waals surface area contributed by atoms with Crippen molar-refractivity contribution in [2.45, 2.75) is 0 Å². The van der Waals surface area contributed by atoms with E-state index in [1.807, 2.05) is 6.08 Å². The smallest absolute Gasteiger partial charge is 0.271 e. The zero-order valence-electron chi connectivity index (χ0n) is 6.27. The van der Waals surface area contributed by atoms with E-state index in [4.69, 9.17) is 5.73 Å². The maximum Gasteiger partial charge on any atom is 0.271 e. The summed E-state index contributed by atoms with van der Waals surface area (Å²) in [7, 11) is 0. The molecule has 0 saturated heterocycles. The molecule has 0 saturated carbocycles. The SMILES string of the molecule is NC1=NC2=NC(=O)C=CC2C=C1. The molecule has 0 aromatic heterocycles. The van der Waals surface area contributed by atoms with Crippen molar-refractivity contribution in [3.8, 4) is 0 Å². The minimum absolute atomic E-state index is 0.0231. The van der Waals surface area contributed by atoms with E-state index >= 15 is 0 Å². The maximum absolute atomic E-state index is 10.8. The molecule has 0 aliphatic carbocycles. The van der Waals surface area contributed by atoms with Crippen molar-refractivity contribution in [3.05, 3.63) is 24.3 Å². The third kappa shape index (κ3) is 1.07. The van der Waals surface area contributed by atoms with Crippen molar-refractivity contribution in [3.63, 3.8) is 0 Å². The number of nitrogens with two attached hydrogens (primary N) is 1. The van der Waals surface area contributed by atoms with Crippen molar-refractivity contribution >= 4 is 17.6 Å². The normalized spacial score (nSPS) is 26.3. The third-order valence-electron chi connectivity index (χ3n) is 1.69. The maximum atomic E-state index is 10.8. The summed E-state index contributed by atoms with van der Waals surface area (Å²) < 4.78 is 0. The van der Waals surface area contributed by atoms with Crippen LogP contribution in [0.4, 0.5) is 0 Å². The van der Waals surface area contributed by atoms with Gasteiger partial charge in [0.15, 0.2) is 0 Å². The fourth-order valence-electron chi connectivity index (χ4n) is 1.12. The van der Waals surface area contributed by atoms with Crippen LogP contribution < -0.4 is 5.73 Å². The minimum atomic E-state index is -0.270. The van der Waals surface area contributed by atoms with E-state index in [0.717, 1.165) is 0 Å². The lowest BCUT2D eigenvalue weighted by molar-refractivity contribution is -0.113. The van der Waals surface area contributed by atoms with Crippen LogP contribution in [0, 0.1) is 5.92 Å². The van der Waals surface area contributed by atoms with Crippen LogP contribution in [-0.4, -0.2) is 17.6 Å². The van der Waals surface area contributed by atoms with Crippen LogP contribution in [0.1, 0.15) is 0 Å². The number of hydrogen-bond donors (Lipinski definition) is 1. The number of rotatable bonds is 0. The van der Waals surface area contributed by atoms with E-state index in [1.54, 1.807) is 12.2 Å². The summed E-state index contributed by atoms with van der Waals surface area (Å²) in [5, 5.41) is 0. The van der Waals surface area contributed by atoms with Crippen molar-refractivity contribution in [2.75, 3.05) is 0 Å². The molecule has 0 bridgehead atoms. The number of dihydropyridines is 2. The lowest BCUT2D eigenvalue weighted by Crippen LogP contribution is -2.23. The van der Waals surface area contributed by atoms with Gasteiger partial charge < -0.3 is 5.73 Å². The van der Waals surface area contributed by atoms with Gasteiger partial charge in [-0.1, -0.05) is 12.2 Å². The van der Waals surface area contributed by atoms with Crippen molar-refractivity contribution < 1.29 is 4.79 Å². The average Bonchev–Trinajstić information content (AvgIpc) is 2.03. The Hall–Kier alpha value is -1.71. The molecular formula is C8H7N3O. The van der Waals surface area contributed by atoms with Gasteiger partial charge in [-0.15, -0.1) is 0 Å². The van der Waals surface area contributed by atoms with Gasteiger partial charge in [0.1, 0.15) is 11.7 Å². The molecule has 1 atom stereocenters. The van der Waals surface area contributed by atoms with E-state index in [0.29, 0.717) is 11.7 Å². The number of nitrogens with zero attached hydrogens (tertiary/aromatic N) is 2. The highest BCUT2D eigenvalue weighted by molar-refractivity contribution is 6.12. The molecule has 2 heterocycles. The highest BCUT2D eigenvalue weighted by Crippen LogP contribution is 2.14.